The number of hydrogen-bond donors (Lipinski definition) is 0. The first kappa shape index (κ1) is 23.0. The normalized spacial score (nSPS) is 12.0. The second kappa shape index (κ2) is 10.2. The zero-order valence-electron chi connectivity index (χ0n) is 20.0. The highest BCUT2D eigenvalue weighted by atomic mass is 28.3. The van der Waals surface area contributed by atoms with E-state index in [9.17, 15) is 0 Å². The summed E-state index contributed by atoms with van der Waals surface area (Å²) in [4.78, 5) is 2.22. The van der Waals surface area contributed by atoms with E-state index in [4.69, 9.17) is 9.84 Å². The number of aromatic nitrogens is 2. The van der Waals surface area contributed by atoms with Crippen LogP contribution in [0.15, 0.2) is 78.9 Å². The molecule has 4 nitrogen and oxygen atoms in total. The summed E-state index contributed by atoms with van der Waals surface area (Å²) in [5.74, 6) is 0. The highest BCUT2D eigenvalue weighted by Gasteiger charge is 2.17. The summed E-state index contributed by atoms with van der Waals surface area (Å²) < 4.78 is 8.06. The van der Waals surface area contributed by atoms with Crippen LogP contribution in [0, 0.1) is 0 Å². The van der Waals surface area contributed by atoms with Crippen LogP contribution in [0.25, 0.3) is 23.1 Å². The van der Waals surface area contributed by atoms with E-state index in [0.717, 1.165) is 46.2 Å². The molecule has 0 aliphatic carbocycles. The third kappa shape index (κ3) is 5.81. The molecule has 0 atom stereocenters. The second-order valence-electron chi connectivity index (χ2n) is 9.54. The summed E-state index contributed by atoms with van der Waals surface area (Å²) in [5, 5.41) is 6.09. The minimum Gasteiger partial charge on any atom is -0.360 e. The molecule has 4 rings (SSSR count). The van der Waals surface area contributed by atoms with Crippen molar-refractivity contribution in [1.82, 2.24) is 9.78 Å². The molecule has 1 aromatic heterocycles. The Labute approximate surface area is 198 Å². The molecule has 0 aliphatic rings. The van der Waals surface area contributed by atoms with Gasteiger partial charge in [0.15, 0.2) is 0 Å². The van der Waals surface area contributed by atoms with Crippen LogP contribution in [0.2, 0.25) is 25.7 Å². The zero-order chi connectivity index (χ0) is 23.3. The van der Waals surface area contributed by atoms with Crippen LogP contribution in [-0.4, -0.2) is 31.5 Å². The Balaban J connectivity index is 1.72. The molecule has 0 radical (unpaired) electrons. The van der Waals surface area contributed by atoms with Crippen molar-refractivity contribution >= 4 is 42.5 Å². The molecule has 0 fully saturated rings. The maximum atomic E-state index is 6.06. The quantitative estimate of drug-likeness (QED) is 0.196. The van der Waals surface area contributed by atoms with Crippen LogP contribution in [0.1, 0.15) is 11.3 Å². The topological polar surface area (TPSA) is 30.3 Å². The third-order valence-electron chi connectivity index (χ3n) is 5.73. The van der Waals surface area contributed by atoms with Gasteiger partial charge in [0.25, 0.3) is 0 Å². The monoisotopic (exact) mass is 455 g/mol. The molecule has 0 amide bonds. The van der Waals surface area contributed by atoms with Gasteiger partial charge in [0.05, 0.1) is 22.3 Å². The van der Waals surface area contributed by atoms with Gasteiger partial charge in [-0.15, -0.1) is 0 Å². The van der Waals surface area contributed by atoms with Crippen molar-refractivity contribution in [3.63, 3.8) is 0 Å². The van der Waals surface area contributed by atoms with Gasteiger partial charge in [-0.25, -0.2) is 4.68 Å². The van der Waals surface area contributed by atoms with Crippen molar-refractivity contribution in [2.75, 3.05) is 18.6 Å². The second-order valence-corrected chi connectivity index (χ2v) is 15.2. The van der Waals surface area contributed by atoms with Gasteiger partial charge in [-0.05, 0) is 41.9 Å². The van der Waals surface area contributed by atoms with Crippen LogP contribution in [0.4, 0.5) is 11.4 Å². The fourth-order valence-electron chi connectivity index (χ4n) is 3.79. The van der Waals surface area contributed by atoms with Crippen molar-refractivity contribution < 1.29 is 4.74 Å². The predicted octanol–water partition coefficient (Wildman–Crippen LogP) is 7.29. The van der Waals surface area contributed by atoms with Gasteiger partial charge in [0, 0.05) is 27.4 Å². The number of fused-ring (bicyclic) bond motifs is 1. The van der Waals surface area contributed by atoms with E-state index < -0.39 is 8.07 Å². The number of hydrogen-bond acceptors (Lipinski definition) is 3. The van der Waals surface area contributed by atoms with Gasteiger partial charge in [-0.2, -0.15) is 5.10 Å². The number of rotatable bonds is 9. The van der Waals surface area contributed by atoms with Crippen molar-refractivity contribution in [2.45, 2.75) is 32.4 Å². The first-order valence-electron chi connectivity index (χ1n) is 11.5. The maximum Gasteiger partial charge on any atom is 0.140 e. The average molecular weight is 456 g/mol. The molecule has 4 aromatic rings. The molecule has 0 bridgehead atoms. The molecule has 33 heavy (non-hydrogen) atoms. The summed E-state index contributed by atoms with van der Waals surface area (Å²) in [7, 11) is 0.980. The number of para-hydroxylation sites is 1. The molecular formula is C28H33N3OSi. The van der Waals surface area contributed by atoms with E-state index >= 15 is 0 Å². The Morgan fingerprint density at radius 1 is 0.879 bits per heavy atom. The number of anilines is 2. The van der Waals surface area contributed by atoms with Gasteiger partial charge in [-0.1, -0.05) is 80.3 Å². The molecule has 0 saturated carbocycles. The summed E-state index contributed by atoms with van der Waals surface area (Å²) in [5.41, 5.74) is 5.44. The Kier molecular flexibility index (Phi) is 7.11. The van der Waals surface area contributed by atoms with Crippen molar-refractivity contribution in [1.29, 1.82) is 0 Å². The SMILES string of the molecule is CN(c1ccccc1)c1cccc2c1c(C=Cc1ccccc1)nn2COCC[Si](C)(C)C. The molecule has 3 aromatic carbocycles. The lowest BCUT2D eigenvalue weighted by Gasteiger charge is -2.20. The lowest BCUT2D eigenvalue weighted by Crippen LogP contribution is -2.22. The predicted molar refractivity (Wildman–Crippen MR) is 144 cm³/mol. The molecule has 0 N–H and O–H groups in total. The fourth-order valence-corrected chi connectivity index (χ4v) is 4.55. The molecule has 170 valence electrons. The lowest BCUT2D eigenvalue weighted by atomic mass is 10.1. The van der Waals surface area contributed by atoms with Crippen molar-refractivity contribution in [2.24, 2.45) is 0 Å². The largest absolute Gasteiger partial charge is 0.360 e. The van der Waals surface area contributed by atoms with Crippen molar-refractivity contribution in [3.05, 3.63) is 90.1 Å². The molecular weight excluding hydrogens is 422 g/mol. The van der Waals surface area contributed by atoms with E-state index in [2.05, 4.69) is 110 Å². The van der Waals surface area contributed by atoms with E-state index in [-0.39, 0.29) is 0 Å². The van der Waals surface area contributed by atoms with Gasteiger partial charge >= 0.3 is 0 Å². The van der Waals surface area contributed by atoms with Crippen LogP contribution in [-0.2, 0) is 11.5 Å². The first-order chi connectivity index (χ1) is 15.9. The Hall–Kier alpha value is -3.15. The minimum atomic E-state index is -1.13. The van der Waals surface area contributed by atoms with Crippen LogP contribution in [0.3, 0.4) is 0 Å². The third-order valence-corrected chi connectivity index (χ3v) is 7.44. The van der Waals surface area contributed by atoms with Gasteiger partial charge in [-0.3, -0.25) is 0 Å². The molecule has 0 unspecified atom stereocenters. The maximum absolute atomic E-state index is 6.06. The number of nitrogens with zero attached hydrogens (tertiary/aromatic N) is 3. The minimum absolute atomic E-state index is 0.457. The molecule has 0 saturated heterocycles. The van der Waals surface area contributed by atoms with Crippen LogP contribution >= 0.6 is 0 Å². The van der Waals surface area contributed by atoms with Crippen LogP contribution in [0.5, 0.6) is 0 Å². The van der Waals surface area contributed by atoms with Crippen molar-refractivity contribution in [3.8, 4) is 0 Å². The Morgan fingerprint density at radius 3 is 2.27 bits per heavy atom. The van der Waals surface area contributed by atoms with Crippen LogP contribution < -0.4 is 4.90 Å². The molecule has 5 heteroatoms. The first-order valence-corrected chi connectivity index (χ1v) is 15.2. The molecule has 1 heterocycles. The summed E-state index contributed by atoms with van der Waals surface area (Å²) in [6.07, 6.45) is 4.23. The highest BCUT2D eigenvalue weighted by Crippen LogP contribution is 2.34. The highest BCUT2D eigenvalue weighted by molar-refractivity contribution is 6.76. The zero-order valence-corrected chi connectivity index (χ0v) is 21.0. The van der Waals surface area contributed by atoms with Gasteiger partial charge in [0.2, 0.25) is 0 Å². The fraction of sp³-hybridized carbons (Fsp3) is 0.250. The van der Waals surface area contributed by atoms with Gasteiger partial charge < -0.3 is 9.64 Å². The number of benzene rings is 3. The smallest absolute Gasteiger partial charge is 0.140 e. The summed E-state index contributed by atoms with van der Waals surface area (Å²) in [6.45, 7) is 8.35. The summed E-state index contributed by atoms with van der Waals surface area (Å²) >= 11 is 0. The standard InChI is InChI=1S/C28H33N3OSi/c1-30(24-14-9-6-10-15-24)26-16-11-17-27-28(26)25(19-18-23-12-7-5-8-13-23)29-31(27)22-32-20-21-33(2,3)4/h5-19H,20-22H2,1-4H3. The molecule has 0 aliphatic heterocycles. The number of ether oxygens (including phenoxy) is 1. The summed E-state index contributed by atoms with van der Waals surface area (Å²) in [6, 6.07) is 28.3. The van der Waals surface area contributed by atoms with E-state index in [0.29, 0.717) is 6.73 Å². The van der Waals surface area contributed by atoms with E-state index in [1.165, 1.54) is 0 Å². The van der Waals surface area contributed by atoms with E-state index in [1.54, 1.807) is 0 Å². The average Bonchev–Trinajstić information content (AvgIpc) is 3.18. The van der Waals surface area contributed by atoms with Gasteiger partial charge in [0.1, 0.15) is 6.73 Å². The Morgan fingerprint density at radius 2 is 1.58 bits per heavy atom. The Bertz CT molecular complexity index is 1210. The van der Waals surface area contributed by atoms with E-state index in [1.807, 2.05) is 16.8 Å². The molecule has 0 spiro atoms. The lowest BCUT2D eigenvalue weighted by molar-refractivity contribution is 0.0816.